The number of halogens is 2. The van der Waals surface area contributed by atoms with Crippen molar-refractivity contribution < 1.29 is 4.74 Å². The summed E-state index contributed by atoms with van der Waals surface area (Å²) in [5, 5.41) is 1.13. The van der Waals surface area contributed by atoms with Crippen LogP contribution in [0.15, 0.2) is 18.2 Å². The van der Waals surface area contributed by atoms with Crippen molar-refractivity contribution in [1.29, 1.82) is 0 Å². The number of hydrogen-bond donors (Lipinski definition) is 0. The molecule has 0 spiro atoms. The van der Waals surface area contributed by atoms with Crippen molar-refractivity contribution in [3.05, 3.63) is 28.2 Å². The van der Waals surface area contributed by atoms with E-state index in [1.807, 2.05) is 6.07 Å². The first-order chi connectivity index (χ1) is 10.7. The third kappa shape index (κ3) is 5.98. The van der Waals surface area contributed by atoms with E-state index in [0.29, 0.717) is 10.0 Å². The number of ether oxygens (including phenoxy) is 1. The Bertz CT molecular complexity index is 445. The van der Waals surface area contributed by atoms with Crippen LogP contribution < -0.4 is 4.74 Å². The molecule has 0 atom stereocenters. The molecule has 0 unspecified atom stereocenters. The summed E-state index contributed by atoms with van der Waals surface area (Å²) in [5.41, 5.74) is 0. The van der Waals surface area contributed by atoms with Gasteiger partial charge in [0.2, 0.25) is 0 Å². The number of nitrogens with zero attached hydrogens (tertiary/aromatic N) is 1. The van der Waals surface area contributed by atoms with Gasteiger partial charge in [-0.1, -0.05) is 43.0 Å². The quantitative estimate of drug-likeness (QED) is 0.564. The maximum Gasteiger partial charge on any atom is 0.120 e. The molecule has 0 aromatic heterocycles. The molecule has 1 aliphatic heterocycles. The molecule has 1 aromatic rings. The summed E-state index contributed by atoms with van der Waals surface area (Å²) in [7, 11) is 0. The molecule has 1 fully saturated rings. The average molecular weight is 344 g/mol. The first kappa shape index (κ1) is 17.9. The second-order valence-electron chi connectivity index (χ2n) is 6.21. The van der Waals surface area contributed by atoms with Crippen LogP contribution in [0.1, 0.15) is 45.4 Å². The van der Waals surface area contributed by atoms with Crippen LogP contribution in [0.25, 0.3) is 0 Å². The Labute approximate surface area is 144 Å². The van der Waals surface area contributed by atoms with Gasteiger partial charge in [0.1, 0.15) is 5.75 Å². The standard InChI is InChI=1S/C18H27Cl2NO/c1-2-3-4-10-21-11-7-15(8-12-21)9-13-22-16-5-6-17(19)18(20)14-16/h5-6,14-15H,2-4,7-13H2,1H3. The topological polar surface area (TPSA) is 12.5 Å². The maximum absolute atomic E-state index is 5.99. The number of likely N-dealkylation sites (tertiary alicyclic amines) is 1. The minimum absolute atomic E-state index is 0.555. The van der Waals surface area contributed by atoms with Gasteiger partial charge in [0, 0.05) is 6.07 Å². The zero-order valence-electron chi connectivity index (χ0n) is 13.5. The van der Waals surface area contributed by atoms with Crippen molar-refractivity contribution in [2.45, 2.75) is 45.4 Å². The van der Waals surface area contributed by atoms with E-state index in [2.05, 4.69) is 11.8 Å². The summed E-state index contributed by atoms with van der Waals surface area (Å²) in [4.78, 5) is 2.62. The van der Waals surface area contributed by atoms with Crippen molar-refractivity contribution in [2.24, 2.45) is 5.92 Å². The van der Waals surface area contributed by atoms with Gasteiger partial charge >= 0.3 is 0 Å². The molecule has 0 N–H and O–H groups in total. The Morgan fingerprint density at radius 1 is 1.14 bits per heavy atom. The second-order valence-corrected chi connectivity index (χ2v) is 7.02. The van der Waals surface area contributed by atoms with Crippen molar-refractivity contribution in [1.82, 2.24) is 4.90 Å². The molecule has 0 bridgehead atoms. The van der Waals surface area contributed by atoms with Crippen molar-refractivity contribution in [2.75, 3.05) is 26.2 Å². The van der Waals surface area contributed by atoms with Gasteiger partial charge in [-0.3, -0.25) is 0 Å². The van der Waals surface area contributed by atoms with Gasteiger partial charge in [-0.15, -0.1) is 0 Å². The summed E-state index contributed by atoms with van der Waals surface area (Å²) < 4.78 is 5.79. The summed E-state index contributed by atoms with van der Waals surface area (Å²) >= 11 is 11.9. The normalized spacial score (nSPS) is 16.9. The molecule has 1 aliphatic rings. The lowest BCUT2D eigenvalue weighted by atomic mass is 9.94. The van der Waals surface area contributed by atoms with Crippen LogP contribution in [-0.2, 0) is 0 Å². The van der Waals surface area contributed by atoms with E-state index in [9.17, 15) is 0 Å². The molecule has 1 saturated heterocycles. The van der Waals surface area contributed by atoms with Gasteiger partial charge in [-0.2, -0.15) is 0 Å². The summed E-state index contributed by atoms with van der Waals surface area (Å²) in [5.74, 6) is 1.61. The van der Waals surface area contributed by atoms with E-state index in [0.717, 1.165) is 24.7 Å². The van der Waals surface area contributed by atoms with Gasteiger partial charge in [0.25, 0.3) is 0 Å². The Kier molecular flexibility index (Phi) is 7.85. The van der Waals surface area contributed by atoms with E-state index >= 15 is 0 Å². The highest BCUT2D eigenvalue weighted by Gasteiger charge is 2.18. The fourth-order valence-corrected chi connectivity index (χ4v) is 3.28. The van der Waals surface area contributed by atoms with Gasteiger partial charge in [0.15, 0.2) is 0 Å². The molecule has 0 saturated carbocycles. The molecule has 0 aliphatic carbocycles. The van der Waals surface area contributed by atoms with Crippen molar-refractivity contribution >= 4 is 23.2 Å². The van der Waals surface area contributed by atoms with E-state index in [1.165, 1.54) is 51.7 Å². The Morgan fingerprint density at radius 2 is 1.91 bits per heavy atom. The number of hydrogen-bond acceptors (Lipinski definition) is 2. The van der Waals surface area contributed by atoms with Crippen LogP contribution in [0.2, 0.25) is 10.0 Å². The van der Waals surface area contributed by atoms with Gasteiger partial charge in [-0.05, 0) is 63.4 Å². The van der Waals surface area contributed by atoms with Crippen LogP contribution in [0, 0.1) is 5.92 Å². The summed E-state index contributed by atoms with van der Waals surface area (Å²) in [6.07, 6.45) is 7.75. The minimum atomic E-state index is 0.555. The highest BCUT2D eigenvalue weighted by Crippen LogP contribution is 2.27. The lowest BCUT2D eigenvalue weighted by Gasteiger charge is -2.31. The summed E-state index contributed by atoms with van der Waals surface area (Å²) in [6, 6.07) is 5.46. The predicted molar refractivity (Wildman–Crippen MR) is 95.3 cm³/mol. The van der Waals surface area contributed by atoms with Gasteiger partial charge < -0.3 is 9.64 Å². The molecule has 1 heterocycles. The van der Waals surface area contributed by atoms with Gasteiger partial charge in [-0.25, -0.2) is 0 Å². The number of piperidine rings is 1. The lowest BCUT2D eigenvalue weighted by molar-refractivity contribution is 0.161. The van der Waals surface area contributed by atoms with Crippen LogP contribution in [0.3, 0.4) is 0 Å². The predicted octanol–water partition coefficient (Wildman–Crippen LogP) is 5.66. The van der Waals surface area contributed by atoms with E-state index in [-0.39, 0.29) is 0 Å². The van der Waals surface area contributed by atoms with Crippen LogP contribution in [-0.4, -0.2) is 31.1 Å². The first-order valence-corrected chi connectivity index (χ1v) is 9.25. The van der Waals surface area contributed by atoms with E-state index in [1.54, 1.807) is 12.1 Å². The number of rotatable bonds is 8. The zero-order chi connectivity index (χ0) is 15.8. The first-order valence-electron chi connectivity index (χ1n) is 8.49. The maximum atomic E-state index is 5.99. The SMILES string of the molecule is CCCCCN1CCC(CCOc2ccc(Cl)c(Cl)c2)CC1. The fourth-order valence-electron chi connectivity index (χ4n) is 2.99. The largest absolute Gasteiger partial charge is 0.494 e. The zero-order valence-corrected chi connectivity index (χ0v) is 15.0. The van der Waals surface area contributed by atoms with Crippen LogP contribution in [0.5, 0.6) is 5.75 Å². The third-order valence-electron chi connectivity index (χ3n) is 4.47. The number of benzene rings is 1. The van der Waals surface area contributed by atoms with E-state index in [4.69, 9.17) is 27.9 Å². The van der Waals surface area contributed by atoms with Crippen molar-refractivity contribution in [3.8, 4) is 5.75 Å². The van der Waals surface area contributed by atoms with Crippen LogP contribution >= 0.6 is 23.2 Å². The van der Waals surface area contributed by atoms with Crippen LogP contribution in [0.4, 0.5) is 0 Å². The highest BCUT2D eigenvalue weighted by atomic mass is 35.5. The third-order valence-corrected chi connectivity index (χ3v) is 5.21. The molecular formula is C18H27Cl2NO. The second kappa shape index (κ2) is 9.64. The Balaban J connectivity index is 1.61. The fraction of sp³-hybridized carbons (Fsp3) is 0.667. The monoisotopic (exact) mass is 343 g/mol. The molecule has 0 amide bonds. The molecule has 2 nitrogen and oxygen atoms in total. The smallest absolute Gasteiger partial charge is 0.120 e. The molecule has 0 radical (unpaired) electrons. The molecule has 4 heteroatoms. The molecule has 124 valence electrons. The van der Waals surface area contributed by atoms with E-state index < -0.39 is 0 Å². The summed E-state index contributed by atoms with van der Waals surface area (Å²) in [6.45, 7) is 6.81. The highest BCUT2D eigenvalue weighted by molar-refractivity contribution is 6.42. The minimum Gasteiger partial charge on any atom is -0.494 e. The Morgan fingerprint density at radius 3 is 2.59 bits per heavy atom. The molecular weight excluding hydrogens is 317 g/mol. The molecule has 22 heavy (non-hydrogen) atoms. The molecule has 1 aromatic carbocycles. The van der Waals surface area contributed by atoms with Crippen molar-refractivity contribution in [3.63, 3.8) is 0 Å². The lowest BCUT2D eigenvalue weighted by Crippen LogP contribution is -2.34. The molecule has 2 rings (SSSR count). The average Bonchev–Trinajstić information content (AvgIpc) is 2.53. The van der Waals surface area contributed by atoms with Gasteiger partial charge in [0.05, 0.1) is 16.7 Å². The number of unbranched alkanes of at least 4 members (excludes halogenated alkanes) is 2. The Hall–Kier alpha value is -0.440.